The van der Waals surface area contributed by atoms with E-state index in [0.717, 1.165) is 29.9 Å². The van der Waals surface area contributed by atoms with E-state index in [1.165, 1.54) is 83.1 Å². The van der Waals surface area contributed by atoms with Crippen LogP contribution in [0, 0.1) is 17.8 Å². The molecule has 0 aromatic rings. The molecule has 3 unspecified atom stereocenters. The Labute approximate surface area is 246 Å². The van der Waals surface area contributed by atoms with Crippen molar-refractivity contribution < 1.29 is 25.3 Å². The smallest absolute Gasteiger partial charge is 0.329 e. The van der Waals surface area contributed by atoms with Gasteiger partial charge in [-0.3, -0.25) is 4.79 Å². The van der Waals surface area contributed by atoms with E-state index in [9.17, 15) is 14.4 Å². The summed E-state index contributed by atoms with van der Waals surface area (Å²) in [6.07, 6.45) is 13.9. The van der Waals surface area contributed by atoms with Crippen LogP contribution in [-0.4, -0.2) is 68.2 Å². The molecule has 7 nitrogen and oxygen atoms in total. The highest BCUT2D eigenvalue weighted by Gasteiger charge is 2.24. The topological polar surface area (TPSA) is 84.9 Å². The van der Waals surface area contributed by atoms with E-state index < -0.39 is 24.0 Å². The molecule has 232 valence electrons. The summed E-state index contributed by atoms with van der Waals surface area (Å²) in [7, 11) is 4.02. The molecule has 0 aromatic carbocycles. The lowest BCUT2D eigenvalue weighted by atomic mass is 9.91. The molecule has 39 heavy (non-hydrogen) atoms. The zero-order valence-electron chi connectivity index (χ0n) is 26.8. The lowest BCUT2D eigenvalue weighted by molar-refractivity contribution is -0.142. The monoisotopic (exact) mass is 574 g/mol. The fourth-order valence-corrected chi connectivity index (χ4v) is 5.09. The number of ether oxygens (including phenoxy) is 2. The van der Waals surface area contributed by atoms with E-state index in [-0.39, 0.29) is 7.97 Å². The molecule has 0 aliphatic heterocycles. The second-order valence-electron chi connectivity index (χ2n) is 10.9. The SMILES string of the molecule is CC.COC(=O)CN(C)C(=O)NC(CSC/C=C(\C)CCCC(C)CCCC(C)CCCC(C)C)C(=O)OC.[HH]. The highest BCUT2D eigenvalue weighted by atomic mass is 32.2. The van der Waals surface area contributed by atoms with Crippen LogP contribution in [0.1, 0.15) is 108 Å². The number of carbonyl (C=O) groups excluding carboxylic acids is 3. The van der Waals surface area contributed by atoms with Crippen molar-refractivity contribution in [3.8, 4) is 0 Å². The lowest BCUT2D eigenvalue weighted by Gasteiger charge is -2.21. The number of likely N-dealkylation sites (N-methyl/N-ethyl adjacent to an activating group) is 1. The zero-order valence-corrected chi connectivity index (χ0v) is 27.6. The minimum Gasteiger partial charge on any atom is -0.468 e. The Morgan fingerprint density at radius 2 is 1.44 bits per heavy atom. The highest BCUT2D eigenvalue weighted by Crippen LogP contribution is 2.22. The van der Waals surface area contributed by atoms with Gasteiger partial charge >= 0.3 is 18.0 Å². The predicted molar refractivity (Wildman–Crippen MR) is 168 cm³/mol. The number of nitrogens with one attached hydrogen (secondary N) is 1. The number of rotatable bonds is 20. The van der Waals surface area contributed by atoms with Crippen LogP contribution >= 0.6 is 11.8 Å². The highest BCUT2D eigenvalue weighted by molar-refractivity contribution is 7.99. The third-order valence-corrected chi connectivity index (χ3v) is 7.67. The molecule has 0 saturated heterocycles. The van der Waals surface area contributed by atoms with Crippen LogP contribution in [-0.2, 0) is 19.1 Å². The summed E-state index contributed by atoms with van der Waals surface area (Å²) in [6, 6.07) is -1.31. The molecule has 0 spiro atoms. The van der Waals surface area contributed by atoms with Crippen molar-refractivity contribution in [3.05, 3.63) is 11.6 Å². The number of urea groups is 1. The van der Waals surface area contributed by atoms with Gasteiger partial charge in [0.25, 0.3) is 0 Å². The van der Waals surface area contributed by atoms with Gasteiger partial charge in [0.2, 0.25) is 0 Å². The fourth-order valence-electron chi connectivity index (χ4n) is 4.10. The molecule has 0 saturated carbocycles. The maximum Gasteiger partial charge on any atom is 0.329 e. The quantitative estimate of drug-likeness (QED) is 0.0910. The van der Waals surface area contributed by atoms with Gasteiger partial charge in [-0.15, -0.1) is 0 Å². The van der Waals surface area contributed by atoms with Crippen LogP contribution in [0.2, 0.25) is 0 Å². The average Bonchev–Trinajstić information content (AvgIpc) is 2.90. The van der Waals surface area contributed by atoms with Gasteiger partial charge in [0, 0.05) is 20.0 Å². The summed E-state index contributed by atoms with van der Waals surface area (Å²) < 4.78 is 9.39. The molecule has 0 aromatic heterocycles. The number of nitrogens with zero attached hydrogens (tertiary/aromatic N) is 1. The minimum absolute atomic E-state index is 0. The molecule has 0 aliphatic rings. The number of carbonyl (C=O) groups is 3. The minimum atomic E-state index is -0.782. The van der Waals surface area contributed by atoms with E-state index >= 15 is 0 Å². The fraction of sp³-hybridized carbons (Fsp3) is 0.839. The largest absolute Gasteiger partial charge is 0.468 e. The maximum absolute atomic E-state index is 12.3. The Bertz CT molecular complexity index is 691. The second kappa shape index (κ2) is 25.3. The third kappa shape index (κ3) is 22.8. The molecule has 8 heteroatoms. The Morgan fingerprint density at radius 3 is 1.95 bits per heavy atom. The molecule has 0 fully saturated rings. The molecule has 0 rings (SSSR count). The van der Waals surface area contributed by atoms with Gasteiger partial charge < -0.3 is 19.7 Å². The van der Waals surface area contributed by atoms with Crippen LogP contribution in [0.4, 0.5) is 4.79 Å². The molecule has 3 atom stereocenters. The van der Waals surface area contributed by atoms with Crippen LogP contribution in [0.5, 0.6) is 0 Å². The van der Waals surface area contributed by atoms with Crippen molar-refractivity contribution in [1.29, 1.82) is 0 Å². The van der Waals surface area contributed by atoms with Crippen molar-refractivity contribution in [2.45, 2.75) is 112 Å². The van der Waals surface area contributed by atoms with Gasteiger partial charge in [-0.2, -0.15) is 11.8 Å². The Kier molecular flexibility index (Phi) is 25.6. The van der Waals surface area contributed by atoms with Crippen LogP contribution < -0.4 is 5.32 Å². The summed E-state index contributed by atoms with van der Waals surface area (Å²) in [5, 5.41) is 2.63. The molecular formula is C31H62N2O5S. The zero-order chi connectivity index (χ0) is 30.2. The van der Waals surface area contributed by atoms with Gasteiger partial charge in [-0.05, 0) is 37.5 Å². The first kappa shape index (κ1) is 39.4. The molecule has 0 radical (unpaired) electrons. The van der Waals surface area contributed by atoms with E-state index in [2.05, 4.69) is 50.7 Å². The third-order valence-electron chi connectivity index (χ3n) is 6.70. The average molecular weight is 575 g/mol. The molecular weight excluding hydrogens is 512 g/mol. The van der Waals surface area contributed by atoms with Crippen LogP contribution in [0.25, 0.3) is 0 Å². The van der Waals surface area contributed by atoms with Crippen molar-refractivity contribution in [3.63, 3.8) is 0 Å². The van der Waals surface area contributed by atoms with Gasteiger partial charge in [0.1, 0.15) is 12.6 Å². The molecule has 0 bridgehead atoms. The van der Waals surface area contributed by atoms with Gasteiger partial charge in [0.05, 0.1) is 14.2 Å². The van der Waals surface area contributed by atoms with Crippen molar-refractivity contribution in [2.75, 3.05) is 39.3 Å². The Balaban J connectivity index is -0.00000445. The molecule has 0 heterocycles. The Morgan fingerprint density at radius 1 is 0.897 bits per heavy atom. The van der Waals surface area contributed by atoms with Gasteiger partial charge in [0.15, 0.2) is 0 Å². The van der Waals surface area contributed by atoms with Gasteiger partial charge in [-0.1, -0.05) is 98.1 Å². The number of amides is 2. The maximum atomic E-state index is 12.3. The molecule has 2 amide bonds. The summed E-state index contributed by atoms with van der Waals surface area (Å²) in [6.45, 7) is 15.4. The number of hydrogen-bond donors (Lipinski definition) is 1. The number of allylic oxidation sites excluding steroid dienone is 1. The van der Waals surface area contributed by atoms with Crippen molar-refractivity contribution in [1.82, 2.24) is 10.2 Å². The summed E-state index contributed by atoms with van der Waals surface area (Å²) >= 11 is 1.56. The summed E-state index contributed by atoms with van der Waals surface area (Å²) in [5.74, 6) is 2.55. The number of esters is 2. The normalized spacial score (nSPS) is 13.6. The first-order valence-electron chi connectivity index (χ1n) is 14.9. The second-order valence-corrected chi connectivity index (χ2v) is 12.0. The summed E-state index contributed by atoms with van der Waals surface area (Å²) in [5.41, 5.74) is 1.36. The van der Waals surface area contributed by atoms with Crippen molar-refractivity contribution >= 4 is 29.7 Å². The first-order valence-corrected chi connectivity index (χ1v) is 16.0. The number of methoxy groups -OCH3 is 2. The summed E-state index contributed by atoms with van der Waals surface area (Å²) in [4.78, 5) is 36.9. The van der Waals surface area contributed by atoms with Crippen LogP contribution in [0.15, 0.2) is 11.6 Å². The van der Waals surface area contributed by atoms with E-state index in [1.54, 1.807) is 11.8 Å². The Hall–Kier alpha value is -1.70. The van der Waals surface area contributed by atoms with E-state index in [0.29, 0.717) is 5.75 Å². The predicted octanol–water partition coefficient (Wildman–Crippen LogP) is 7.73. The molecule has 0 aliphatic carbocycles. The van der Waals surface area contributed by atoms with Crippen LogP contribution in [0.3, 0.4) is 0 Å². The first-order chi connectivity index (χ1) is 18.5. The lowest BCUT2D eigenvalue weighted by Crippen LogP contribution is -2.49. The molecule has 1 N–H and O–H groups in total. The standard InChI is InChI=1S/C29H54N2O5S.C2H6.H2/c1-22(2)12-9-13-23(3)14-10-15-24(4)16-11-17-25(5)18-19-37-21-26(28(33)36-8)30-29(34)31(6)20-27(32)35-7;1-2;/h18,22-24,26H,9-17,19-21H2,1-8H3,(H,30,34);1-2H3;1H/b25-18+;;. The number of thioether (sulfide) groups is 1. The van der Waals surface area contributed by atoms with Crippen molar-refractivity contribution in [2.24, 2.45) is 17.8 Å². The van der Waals surface area contributed by atoms with Gasteiger partial charge in [-0.25, -0.2) is 9.59 Å². The van der Waals surface area contributed by atoms with E-state index in [1.807, 2.05) is 13.8 Å². The van der Waals surface area contributed by atoms with E-state index in [4.69, 9.17) is 4.74 Å². The number of hydrogen-bond acceptors (Lipinski definition) is 6.